The van der Waals surface area contributed by atoms with Gasteiger partial charge in [-0.3, -0.25) is 9.69 Å². The van der Waals surface area contributed by atoms with Crippen LogP contribution in [0, 0.1) is 0 Å². The molecule has 0 saturated carbocycles. The van der Waals surface area contributed by atoms with E-state index in [0.29, 0.717) is 35.7 Å². The number of hydrogen-bond acceptors (Lipinski definition) is 7. The molecule has 2 atom stereocenters. The lowest BCUT2D eigenvalue weighted by molar-refractivity contribution is -0.274. The third-order valence-electron chi connectivity index (χ3n) is 5.31. The summed E-state index contributed by atoms with van der Waals surface area (Å²) in [7, 11) is 3.39. The molecule has 0 unspecified atom stereocenters. The number of alkyl halides is 3. The Hall–Kier alpha value is -3.60. The molecule has 8 nitrogen and oxygen atoms in total. The van der Waals surface area contributed by atoms with Crippen LogP contribution in [0.25, 0.3) is 11.4 Å². The molecular formula is C22H21F3N4O4. The molecule has 174 valence electrons. The third-order valence-corrected chi connectivity index (χ3v) is 5.31. The van der Waals surface area contributed by atoms with Crippen molar-refractivity contribution in [2.75, 3.05) is 20.7 Å². The molecule has 1 saturated heterocycles. The number of benzene rings is 2. The Morgan fingerprint density at radius 2 is 1.91 bits per heavy atom. The van der Waals surface area contributed by atoms with Crippen LogP contribution in [0.5, 0.6) is 11.5 Å². The number of halogens is 3. The van der Waals surface area contributed by atoms with Crippen LogP contribution < -0.4 is 14.8 Å². The van der Waals surface area contributed by atoms with Gasteiger partial charge in [-0.1, -0.05) is 17.3 Å². The zero-order chi connectivity index (χ0) is 23.6. The molecule has 33 heavy (non-hydrogen) atoms. The number of aromatic nitrogens is 2. The maximum atomic E-state index is 12.7. The van der Waals surface area contributed by atoms with E-state index >= 15 is 0 Å². The van der Waals surface area contributed by atoms with Crippen LogP contribution in [0.3, 0.4) is 0 Å². The number of methoxy groups -OCH3 is 1. The summed E-state index contributed by atoms with van der Waals surface area (Å²) in [5, 5.41) is 6.95. The fourth-order valence-corrected chi connectivity index (χ4v) is 3.78. The topological polar surface area (TPSA) is 89.7 Å². The number of hydrogen-bond donors (Lipinski definition) is 1. The van der Waals surface area contributed by atoms with Gasteiger partial charge < -0.3 is 19.3 Å². The SMILES string of the molecule is COc1ccccc1C(=O)N[C@H]1C[C@@H](c2nc(-c3ccc(OC(F)(F)F)cc3)no2)N(C)C1. The van der Waals surface area contributed by atoms with E-state index in [4.69, 9.17) is 9.26 Å². The summed E-state index contributed by atoms with van der Waals surface area (Å²) in [6.45, 7) is 0.576. The fraction of sp³-hybridized carbons (Fsp3) is 0.318. The minimum atomic E-state index is -4.76. The van der Waals surface area contributed by atoms with Gasteiger partial charge in [0.2, 0.25) is 11.7 Å². The number of likely N-dealkylation sites (N-methyl/N-ethyl adjacent to an activating group) is 1. The van der Waals surface area contributed by atoms with Gasteiger partial charge in [-0.25, -0.2) is 0 Å². The Morgan fingerprint density at radius 1 is 1.18 bits per heavy atom. The van der Waals surface area contributed by atoms with Crippen molar-refractivity contribution in [1.29, 1.82) is 0 Å². The highest BCUT2D eigenvalue weighted by atomic mass is 19.4. The number of para-hydroxylation sites is 1. The summed E-state index contributed by atoms with van der Waals surface area (Å²) in [6, 6.07) is 11.8. The first-order chi connectivity index (χ1) is 15.7. The number of nitrogens with zero attached hydrogens (tertiary/aromatic N) is 3. The summed E-state index contributed by atoms with van der Waals surface area (Å²) in [5.41, 5.74) is 0.935. The lowest BCUT2D eigenvalue weighted by Crippen LogP contribution is -2.36. The van der Waals surface area contributed by atoms with Gasteiger partial charge in [-0.15, -0.1) is 13.2 Å². The second-order valence-electron chi connectivity index (χ2n) is 7.59. The van der Waals surface area contributed by atoms with E-state index in [1.54, 1.807) is 24.3 Å². The van der Waals surface area contributed by atoms with Crippen LogP contribution in [-0.4, -0.2) is 54.1 Å². The van der Waals surface area contributed by atoms with Crippen LogP contribution in [0.15, 0.2) is 53.1 Å². The zero-order valence-corrected chi connectivity index (χ0v) is 17.8. The van der Waals surface area contributed by atoms with E-state index in [0.717, 1.165) is 0 Å². The molecule has 0 aliphatic carbocycles. The molecule has 1 aliphatic rings. The highest BCUT2D eigenvalue weighted by Gasteiger charge is 2.36. The highest BCUT2D eigenvalue weighted by Crippen LogP contribution is 2.32. The molecule has 4 rings (SSSR count). The van der Waals surface area contributed by atoms with E-state index in [2.05, 4.69) is 20.2 Å². The quantitative estimate of drug-likeness (QED) is 0.596. The first kappa shape index (κ1) is 22.6. The van der Waals surface area contributed by atoms with E-state index < -0.39 is 6.36 Å². The molecule has 0 radical (unpaired) electrons. The van der Waals surface area contributed by atoms with Gasteiger partial charge in [0, 0.05) is 18.2 Å². The Labute approximate surface area is 187 Å². The molecule has 1 amide bonds. The third kappa shape index (κ3) is 5.25. The molecule has 2 aromatic carbocycles. The summed E-state index contributed by atoms with van der Waals surface area (Å²) < 4.78 is 51.5. The number of amides is 1. The molecule has 2 heterocycles. The average molecular weight is 462 g/mol. The smallest absolute Gasteiger partial charge is 0.496 e. The average Bonchev–Trinajstić information content (AvgIpc) is 3.39. The van der Waals surface area contributed by atoms with Crippen LogP contribution in [0.2, 0.25) is 0 Å². The monoisotopic (exact) mass is 462 g/mol. The van der Waals surface area contributed by atoms with Crippen LogP contribution in [0.4, 0.5) is 13.2 Å². The second-order valence-corrected chi connectivity index (χ2v) is 7.59. The van der Waals surface area contributed by atoms with Gasteiger partial charge >= 0.3 is 6.36 Å². The predicted molar refractivity (Wildman–Crippen MR) is 111 cm³/mol. The Bertz CT molecular complexity index is 1120. The molecule has 0 bridgehead atoms. The van der Waals surface area contributed by atoms with Crippen molar-refractivity contribution in [3.05, 3.63) is 60.0 Å². The molecule has 1 fully saturated rings. The first-order valence-corrected chi connectivity index (χ1v) is 10.1. The number of ether oxygens (including phenoxy) is 2. The van der Waals surface area contributed by atoms with Gasteiger partial charge in [-0.05, 0) is 49.9 Å². The zero-order valence-electron chi connectivity index (χ0n) is 17.8. The van der Waals surface area contributed by atoms with Crippen molar-refractivity contribution in [2.45, 2.75) is 24.9 Å². The van der Waals surface area contributed by atoms with Crippen molar-refractivity contribution in [2.24, 2.45) is 0 Å². The van der Waals surface area contributed by atoms with Crippen LogP contribution in [-0.2, 0) is 0 Å². The summed E-state index contributed by atoms with van der Waals surface area (Å²) >= 11 is 0. The normalized spacial score (nSPS) is 18.8. The van der Waals surface area contributed by atoms with Crippen molar-refractivity contribution < 1.29 is 32.0 Å². The molecule has 3 aromatic rings. The number of rotatable bonds is 6. The summed E-state index contributed by atoms with van der Waals surface area (Å²) in [4.78, 5) is 19.1. The summed E-state index contributed by atoms with van der Waals surface area (Å²) in [6.07, 6.45) is -4.21. The van der Waals surface area contributed by atoms with Gasteiger partial charge in [0.1, 0.15) is 11.5 Å². The van der Waals surface area contributed by atoms with E-state index in [1.807, 2.05) is 11.9 Å². The molecule has 1 aromatic heterocycles. The van der Waals surface area contributed by atoms with Crippen molar-refractivity contribution in [1.82, 2.24) is 20.4 Å². The Balaban J connectivity index is 1.42. The molecule has 1 N–H and O–H groups in total. The Kier molecular flexibility index (Phi) is 6.23. The predicted octanol–water partition coefficient (Wildman–Crippen LogP) is 3.82. The van der Waals surface area contributed by atoms with Gasteiger partial charge in [0.05, 0.1) is 18.7 Å². The highest BCUT2D eigenvalue weighted by molar-refractivity contribution is 5.97. The largest absolute Gasteiger partial charge is 0.573 e. The Morgan fingerprint density at radius 3 is 2.61 bits per heavy atom. The standard InChI is InChI=1S/C22H21F3N4O4/c1-29-12-14(26-20(30)16-5-3-4-6-18(16)31-2)11-17(29)21-27-19(28-33-21)13-7-9-15(10-8-13)32-22(23,24)25/h3-10,14,17H,11-12H2,1-2H3,(H,26,30)/t14-,17-/m0/s1. The lowest BCUT2D eigenvalue weighted by atomic mass is 10.1. The van der Waals surface area contributed by atoms with Crippen molar-refractivity contribution in [3.63, 3.8) is 0 Å². The van der Waals surface area contributed by atoms with Gasteiger partial charge in [-0.2, -0.15) is 4.98 Å². The number of nitrogens with one attached hydrogen (secondary N) is 1. The maximum Gasteiger partial charge on any atom is 0.573 e. The van der Waals surface area contributed by atoms with Crippen molar-refractivity contribution >= 4 is 5.91 Å². The first-order valence-electron chi connectivity index (χ1n) is 10.1. The summed E-state index contributed by atoms with van der Waals surface area (Å²) in [5.74, 6) is 0.528. The second kappa shape index (κ2) is 9.10. The number of likely N-dealkylation sites (tertiary alicyclic amines) is 1. The fourth-order valence-electron chi connectivity index (χ4n) is 3.78. The molecule has 11 heteroatoms. The minimum Gasteiger partial charge on any atom is -0.496 e. The minimum absolute atomic E-state index is 0.147. The maximum absolute atomic E-state index is 12.7. The van der Waals surface area contributed by atoms with Crippen molar-refractivity contribution in [3.8, 4) is 22.9 Å². The molecule has 0 spiro atoms. The van der Waals surface area contributed by atoms with E-state index in [1.165, 1.54) is 31.4 Å². The van der Waals surface area contributed by atoms with Crippen LogP contribution in [0.1, 0.15) is 28.7 Å². The van der Waals surface area contributed by atoms with Crippen LogP contribution >= 0.6 is 0 Å². The molecular weight excluding hydrogens is 441 g/mol. The lowest BCUT2D eigenvalue weighted by Gasteiger charge is -2.14. The van der Waals surface area contributed by atoms with Gasteiger partial charge in [0.15, 0.2) is 0 Å². The number of carbonyl (C=O) groups is 1. The number of carbonyl (C=O) groups excluding carboxylic acids is 1. The van der Waals surface area contributed by atoms with E-state index in [-0.39, 0.29) is 29.6 Å². The molecule has 1 aliphatic heterocycles. The van der Waals surface area contributed by atoms with Gasteiger partial charge in [0.25, 0.3) is 5.91 Å². The van der Waals surface area contributed by atoms with E-state index in [9.17, 15) is 18.0 Å².